The molecule has 11 heteroatoms. The zero-order valence-corrected chi connectivity index (χ0v) is 16.6. The van der Waals surface area contributed by atoms with E-state index in [1.807, 2.05) is 18.2 Å². The lowest BCUT2D eigenvalue weighted by molar-refractivity contribution is -0.384. The Morgan fingerprint density at radius 3 is 2.39 bits per heavy atom. The lowest BCUT2D eigenvalue weighted by Crippen LogP contribution is -2.43. The first-order chi connectivity index (χ1) is 14.8. The molecule has 1 unspecified atom stereocenters. The molecule has 0 fully saturated rings. The molecule has 0 saturated carbocycles. The topological polar surface area (TPSA) is 172 Å². The SMILES string of the molecule is NC(N)=NCCCC(NC(=O)OCc1ccccc1)C(=O)Oc1ccc([N+](=O)[O-])cc1. The van der Waals surface area contributed by atoms with E-state index in [0.29, 0.717) is 6.42 Å². The molecule has 0 aliphatic heterocycles. The highest BCUT2D eigenvalue weighted by Crippen LogP contribution is 2.18. The number of nitrogens with one attached hydrogen (secondary N) is 1. The van der Waals surface area contributed by atoms with Crippen LogP contribution in [0.4, 0.5) is 10.5 Å². The number of carbonyl (C=O) groups excluding carboxylic acids is 2. The van der Waals surface area contributed by atoms with Crippen LogP contribution in [0.15, 0.2) is 59.6 Å². The van der Waals surface area contributed by atoms with Crippen LogP contribution in [0, 0.1) is 10.1 Å². The molecule has 0 radical (unpaired) electrons. The van der Waals surface area contributed by atoms with Gasteiger partial charge in [-0.25, -0.2) is 9.59 Å². The molecule has 11 nitrogen and oxygen atoms in total. The number of guanidine groups is 1. The monoisotopic (exact) mass is 429 g/mol. The lowest BCUT2D eigenvalue weighted by atomic mass is 10.1. The van der Waals surface area contributed by atoms with Gasteiger partial charge in [-0.3, -0.25) is 15.1 Å². The van der Waals surface area contributed by atoms with Gasteiger partial charge >= 0.3 is 12.1 Å². The van der Waals surface area contributed by atoms with E-state index in [0.717, 1.165) is 5.56 Å². The normalized spacial score (nSPS) is 11.1. The number of hydrogen-bond donors (Lipinski definition) is 3. The van der Waals surface area contributed by atoms with E-state index >= 15 is 0 Å². The minimum Gasteiger partial charge on any atom is -0.445 e. The second-order valence-electron chi connectivity index (χ2n) is 6.38. The average molecular weight is 429 g/mol. The van der Waals surface area contributed by atoms with Crippen molar-refractivity contribution in [2.24, 2.45) is 16.5 Å². The van der Waals surface area contributed by atoms with Crippen LogP contribution in [0.3, 0.4) is 0 Å². The average Bonchev–Trinajstić information content (AvgIpc) is 2.75. The number of nitro benzene ring substituents is 1. The number of aliphatic imine (C=N–C) groups is 1. The van der Waals surface area contributed by atoms with Gasteiger partial charge in [0.25, 0.3) is 5.69 Å². The zero-order chi connectivity index (χ0) is 22.6. The van der Waals surface area contributed by atoms with Crippen LogP contribution >= 0.6 is 0 Å². The fourth-order valence-corrected chi connectivity index (χ4v) is 2.48. The van der Waals surface area contributed by atoms with Crippen LogP contribution in [0.25, 0.3) is 0 Å². The van der Waals surface area contributed by atoms with E-state index in [1.165, 1.54) is 24.3 Å². The lowest BCUT2D eigenvalue weighted by Gasteiger charge is -2.17. The number of carbonyl (C=O) groups is 2. The first-order valence-corrected chi connectivity index (χ1v) is 9.34. The number of non-ortho nitro benzene ring substituents is 1. The van der Waals surface area contributed by atoms with Gasteiger partial charge in [0.05, 0.1) is 4.92 Å². The second-order valence-corrected chi connectivity index (χ2v) is 6.38. The summed E-state index contributed by atoms with van der Waals surface area (Å²) in [5.74, 6) is -0.736. The first-order valence-electron chi connectivity index (χ1n) is 9.34. The summed E-state index contributed by atoms with van der Waals surface area (Å²) in [7, 11) is 0. The molecule has 31 heavy (non-hydrogen) atoms. The largest absolute Gasteiger partial charge is 0.445 e. The van der Waals surface area contributed by atoms with Crippen molar-refractivity contribution < 1.29 is 24.0 Å². The number of hydrogen-bond acceptors (Lipinski definition) is 7. The molecule has 2 aromatic rings. The molecule has 0 aliphatic rings. The van der Waals surface area contributed by atoms with E-state index in [-0.39, 0.29) is 37.0 Å². The maximum Gasteiger partial charge on any atom is 0.408 e. The Balaban J connectivity index is 1.98. The number of nitro groups is 1. The Hall–Kier alpha value is -4.15. The van der Waals surface area contributed by atoms with E-state index < -0.39 is 23.0 Å². The van der Waals surface area contributed by atoms with Crippen LogP contribution in [-0.4, -0.2) is 35.5 Å². The summed E-state index contributed by atoms with van der Waals surface area (Å²) >= 11 is 0. The van der Waals surface area contributed by atoms with E-state index in [2.05, 4.69) is 10.3 Å². The highest BCUT2D eigenvalue weighted by molar-refractivity contribution is 5.83. The van der Waals surface area contributed by atoms with Gasteiger partial charge in [0, 0.05) is 18.7 Å². The Kier molecular flexibility index (Phi) is 8.77. The number of amides is 1. The molecule has 0 spiro atoms. The number of esters is 1. The smallest absolute Gasteiger partial charge is 0.408 e. The first kappa shape index (κ1) is 23.1. The molecule has 1 atom stereocenters. The van der Waals surface area contributed by atoms with Crippen molar-refractivity contribution in [3.63, 3.8) is 0 Å². The van der Waals surface area contributed by atoms with Crippen molar-refractivity contribution in [2.45, 2.75) is 25.5 Å². The Bertz CT molecular complexity index is 913. The third kappa shape index (κ3) is 8.40. The molecule has 1 amide bonds. The van der Waals surface area contributed by atoms with Gasteiger partial charge in [0.1, 0.15) is 18.4 Å². The molecule has 0 aliphatic carbocycles. The standard InChI is InChI=1S/C20H23N5O6/c21-19(22)23-12-4-7-17(24-20(27)30-13-14-5-2-1-3-6-14)18(26)31-16-10-8-15(9-11-16)25(28)29/h1-3,5-6,8-11,17H,4,7,12-13H2,(H,24,27)(H4,21,22,23). The molecular weight excluding hydrogens is 406 g/mol. The maximum atomic E-state index is 12.6. The van der Waals surface area contributed by atoms with Crippen molar-refractivity contribution in [3.8, 4) is 5.75 Å². The maximum absolute atomic E-state index is 12.6. The quantitative estimate of drug-likeness (QED) is 0.0976. The number of rotatable bonds is 10. The predicted octanol–water partition coefficient (Wildman–Crippen LogP) is 1.85. The van der Waals surface area contributed by atoms with Crippen LogP contribution in [0.2, 0.25) is 0 Å². The van der Waals surface area contributed by atoms with E-state index in [1.54, 1.807) is 12.1 Å². The minimum absolute atomic E-state index is 0.0325. The Labute approximate surface area is 178 Å². The highest BCUT2D eigenvalue weighted by Gasteiger charge is 2.23. The summed E-state index contributed by atoms with van der Waals surface area (Å²) in [6.07, 6.45) is -0.226. The number of nitrogens with two attached hydrogens (primary N) is 2. The van der Waals surface area contributed by atoms with Crippen molar-refractivity contribution >= 4 is 23.7 Å². The van der Waals surface area contributed by atoms with Gasteiger partial charge < -0.3 is 26.3 Å². The summed E-state index contributed by atoms with van der Waals surface area (Å²) in [4.78, 5) is 38.7. The molecule has 2 aromatic carbocycles. The zero-order valence-electron chi connectivity index (χ0n) is 16.6. The summed E-state index contributed by atoms with van der Waals surface area (Å²) in [5, 5.41) is 13.2. The fourth-order valence-electron chi connectivity index (χ4n) is 2.48. The summed E-state index contributed by atoms with van der Waals surface area (Å²) in [5.41, 5.74) is 11.2. The molecular formula is C20H23N5O6. The van der Waals surface area contributed by atoms with E-state index in [9.17, 15) is 19.7 Å². The summed E-state index contributed by atoms with van der Waals surface area (Å²) in [6, 6.07) is 13.0. The van der Waals surface area contributed by atoms with Crippen LogP contribution in [-0.2, 0) is 16.1 Å². The predicted molar refractivity (Wildman–Crippen MR) is 112 cm³/mol. The van der Waals surface area contributed by atoms with Crippen molar-refractivity contribution in [1.82, 2.24) is 5.32 Å². The van der Waals surface area contributed by atoms with Crippen molar-refractivity contribution in [2.75, 3.05) is 6.54 Å². The summed E-state index contributed by atoms with van der Waals surface area (Å²) in [6.45, 7) is 0.287. The highest BCUT2D eigenvalue weighted by atomic mass is 16.6. The second kappa shape index (κ2) is 11.8. The molecule has 0 aromatic heterocycles. The minimum atomic E-state index is -1.03. The number of alkyl carbamates (subject to hydrolysis) is 1. The number of nitrogens with zero attached hydrogens (tertiary/aromatic N) is 2. The van der Waals surface area contributed by atoms with Crippen LogP contribution < -0.4 is 21.5 Å². The van der Waals surface area contributed by atoms with Gasteiger partial charge in [-0.05, 0) is 30.5 Å². The van der Waals surface area contributed by atoms with E-state index in [4.69, 9.17) is 20.9 Å². The van der Waals surface area contributed by atoms with Crippen LogP contribution in [0.5, 0.6) is 5.75 Å². The molecule has 164 valence electrons. The fraction of sp³-hybridized carbons (Fsp3) is 0.250. The number of benzene rings is 2. The summed E-state index contributed by atoms with van der Waals surface area (Å²) < 4.78 is 10.4. The third-order valence-electron chi connectivity index (χ3n) is 4.00. The Morgan fingerprint density at radius 2 is 1.77 bits per heavy atom. The third-order valence-corrected chi connectivity index (χ3v) is 4.00. The molecule has 0 bridgehead atoms. The van der Waals surface area contributed by atoms with Gasteiger partial charge in [0.2, 0.25) is 0 Å². The Morgan fingerprint density at radius 1 is 1.10 bits per heavy atom. The van der Waals surface area contributed by atoms with Crippen molar-refractivity contribution in [1.29, 1.82) is 0 Å². The van der Waals surface area contributed by atoms with Gasteiger partial charge in [0.15, 0.2) is 5.96 Å². The van der Waals surface area contributed by atoms with Gasteiger partial charge in [-0.1, -0.05) is 30.3 Å². The van der Waals surface area contributed by atoms with Gasteiger partial charge in [-0.15, -0.1) is 0 Å². The van der Waals surface area contributed by atoms with Gasteiger partial charge in [-0.2, -0.15) is 0 Å². The molecule has 0 saturated heterocycles. The molecule has 2 rings (SSSR count). The molecule has 0 heterocycles. The van der Waals surface area contributed by atoms with Crippen molar-refractivity contribution in [3.05, 3.63) is 70.3 Å². The molecule has 5 N–H and O–H groups in total. The number of ether oxygens (including phenoxy) is 2. The van der Waals surface area contributed by atoms with Crippen LogP contribution in [0.1, 0.15) is 18.4 Å².